The molecule has 0 bridgehead atoms. The molecule has 3 heteroatoms. The molecule has 0 amide bonds. The van der Waals surface area contributed by atoms with E-state index in [2.05, 4.69) is 43.4 Å². The van der Waals surface area contributed by atoms with E-state index in [4.69, 9.17) is 9.47 Å². The van der Waals surface area contributed by atoms with Crippen molar-refractivity contribution in [2.45, 2.75) is 46.1 Å². The second-order valence-electron chi connectivity index (χ2n) is 5.93. The highest BCUT2D eigenvalue weighted by Crippen LogP contribution is 2.19. The van der Waals surface area contributed by atoms with Crippen LogP contribution in [0.1, 0.15) is 45.1 Å². The molecule has 2 rings (SSSR count). The molecule has 0 aliphatic heterocycles. The maximum Gasteiger partial charge on any atom is 0.121 e. The van der Waals surface area contributed by atoms with E-state index in [1.807, 2.05) is 24.3 Å². The molecule has 0 fully saturated rings. The van der Waals surface area contributed by atoms with Crippen LogP contribution in [0.4, 0.5) is 5.69 Å². The normalized spacial score (nSPS) is 10.4. The first kappa shape index (κ1) is 18.2. The summed E-state index contributed by atoms with van der Waals surface area (Å²) in [7, 11) is 0. The summed E-state index contributed by atoms with van der Waals surface area (Å²) in [6, 6.07) is 16.4. The van der Waals surface area contributed by atoms with Crippen molar-refractivity contribution in [1.82, 2.24) is 0 Å². The molecule has 130 valence electrons. The first-order valence-electron chi connectivity index (χ1n) is 9.00. The number of anilines is 1. The number of benzene rings is 2. The van der Waals surface area contributed by atoms with Crippen LogP contribution in [-0.4, -0.2) is 13.2 Å². The van der Waals surface area contributed by atoms with Gasteiger partial charge in [-0.15, -0.1) is 0 Å². The zero-order chi connectivity index (χ0) is 17.0. The molecule has 0 aliphatic carbocycles. The summed E-state index contributed by atoms with van der Waals surface area (Å²) >= 11 is 0. The van der Waals surface area contributed by atoms with Gasteiger partial charge >= 0.3 is 0 Å². The van der Waals surface area contributed by atoms with Crippen molar-refractivity contribution in [3.05, 3.63) is 54.1 Å². The minimum Gasteiger partial charge on any atom is -0.494 e. The van der Waals surface area contributed by atoms with E-state index < -0.39 is 0 Å². The van der Waals surface area contributed by atoms with Crippen LogP contribution in [-0.2, 0) is 6.54 Å². The zero-order valence-corrected chi connectivity index (χ0v) is 14.9. The molecular formula is C21H29NO2. The van der Waals surface area contributed by atoms with E-state index in [0.717, 1.165) is 62.6 Å². The minimum atomic E-state index is 0.767. The van der Waals surface area contributed by atoms with E-state index in [1.165, 1.54) is 5.56 Å². The maximum atomic E-state index is 5.77. The first-order valence-corrected chi connectivity index (χ1v) is 9.00. The lowest BCUT2D eigenvalue weighted by molar-refractivity contribution is 0.309. The Morgan fingerprint density at radius 3 is 2.08 bits per heavy atom. The van der Waals surface area contributed by atoms with Crippen LogP contribution in [0.15, 0.2) is 48.5 Å². The van der Waals surface area contributed by atoms with Crippen LogP contribution in [0.5, 0.6) is 11.5 Å². The largest absolute Gasteiger partial charge is 0.494 e. The summed E-state index contributed by atoms with van der Waals surface area (Å²) in [5.74, 6) is 1.87. The van der Waals surface area contributed by atoms with Crippen LogP contribution in [0.2, 0.25) is 0 Å². The SMILES string of the molecule is CCCCOc1cccc(CNc2cccc(OCCCC)c2)c1. The van der Waals surface area contributed by atoms with Crippen molar-refractivity contribution in [2.75, 3.05) is 18.5 Å². The second-order valence-corrected chi connectivity index (χ2v) is 5.93. The van der Waals surface area contributed by atoms with Gasteiger partial charge in [0.25, 0.3) is 0 Å². The summed E-state index contributed by atoms with van der Waals surface area (Å²) in [6.07, 6.45) is 4.47. The monoisotopic (exact) mass is 327 g/mol. The number of hydrogen-bond donors (Lipinski definition) is 1. The summed E-state index contributed by atoms with van der Waals surface area (Å²) < 4.78 is 11.5. The van der Waals surface area contributed by atoms with E-state index in [9.17, 15) is 0 Å². The maximum absolute atomic E-state index is 5.77. The van der Waals surface area contributed by atoms with Crippen LogP contribution < -0.4 is 14.8 Å². The predicted molar refractivity (Wildman–Crippen MR) is 101 cm³/mol. The average molecular weight is 327 g/mol. The molecule has 3 nitrogen and oxygen atoms in total. The third kappa shape index (κ3) is 6.53. The van der Waals surface area contributed by atoms with Gasteiger partial charge in [-0.25, -0.2) is 0 Å². The lowest BCUT2D eigenvalue weighted by Gasteiger charge is -2.11. The molecule has 0 saturated heterocycles. The summed E-state index contributed by atoms with van der Waals surface area (Å²) in [6.45, 7) is 6.66. The third-order valence-electron chi connectivity index (χ3n) is 3.76. The Labute approximate surface area is 146 Å². The van der Waals surface area contributed by atoms with E-state index in [1.54, 1.807) is 0 Å². The number of rotatable bonds is 11. The molecule has 0 unspecified atom stereocenters. The Kier molecular flexibility index (Phi) is 8.02. The Morgan fingerprint density at radius 2 is 1.42 bits per heavy atom. The number of hydrogen-bond acceptors (Lipinski definition) is 3. The smallest absolute Gasteiger partial charge is 0.121 e. The Morgan fingerprint density at radius 1 is 0.792 bits per heavy atom. The Hall–Kier alpha value is -2.16. The van der Waals surface area contributed by atoms with Crippen molar-refractivity contribution < 1.29 is 9.47 Å². The number of ether oxygens (including phenoxy) is 2. The van der Waals surface area contributed by atoms with Crippen LogP contribution in [0.3, 0.4) is 0 Å². The van der Waals surface area contributed by atoms with Crippen molar-refractivity contribution in [1.29, 1.82) is 0 Å². The average Bonchev–Trinajstić information content (AvgIpc) is 2.61. The molecule has 0 spiro atoms. The van der Waals surface area contributed by atoms with Gasteiger partial charge in [0.2, 0.25) is 0 Å². The van der Waals surface area contributed by atoms with Crippen molar-refractivity contribution in [2.24, 2.45) is 0 Å². The van der Waals surface area contributed by atoms with E-state index in [-0.39, 0.29) is 0 Å². The van der Waals surface area contributed by atoms with Gasteiger partial charge in [-0.05, 0) is 42.7 Å². The number of unbranched alkanes of at least 4 members (excludes halogenated alkanes) is 2. The minimum absolute atomic E-state index is 0.767. The summed E-state index contributed by atoms with van der Waals surface area (Å²) in [5.41, 5.74) is 2.28. The van der Waals surface area contributed by atoms with Gasteiger partial charge in [0.1, 0.15) is 11.5 Å². The zero-order valence-electron chi connectivity index (χ0n) is 14.9. The van der Waals surface area contributed by atoms with Gasteiger partial charge in [0.15, 0.2) is 0 Å². The molecule has 2 aromatic carbocycles. The molecule has 24 heavy (non-hydrogen) atoms. The van der Waals surface area contributed by atoms with Crippen LogP contribution in [0.25, 0.3) is 0 Å². The van der Waals surface area contributed by atoms with Crippen molar-refractivity contribution in [3.63, 3.8) is 0 Å². The van der Waals surface area contributed by atoms with E-state index >= 15 is 0 Å². The molecular weight excluding hydrogens is 298 g/mol. The fourth-order valence-electron chi connectivity index (χ4n) is 2.31. The number of nitrogens with one attached hydrogen (secondary N) is 1. The highest BCUT2D eigenvalue weighted by molar-refractivity contribution is 5.48. The highest BCUT2D eigenvalue weighted by Gasteiger charge is 2.00. The van der Waals surface area contributed by atoms with Crippen molar-refractivity contribution >= 4 is 5.69 Å². The molecule has 0 radical (unpaired) electrons. The fraction of sp³-hybridized carbons (Fsp3) is 0.429. The molecule has 1 N–H and O–H groups in total. The lowest BCUT2D eigenvalue weighted by Crippen LogP contribution is -2.02. The molecule has 0 aliphatic rings. The first-order chi connectivity index (χ1) is 11.8. The summed E-state index contributed by atoms with van der Waals surface area (Å²) in [4.78, 5) is 0. The quantitative estimate of drug-likeness (QED) is 0.540. The van der Waals surface area contributed by atoms with Crippen LogP contribution >= 0.6 is 0 Å². The summed E-state index contributed by atoms with van der Waals surface area (Å²) in [5, 5.41) is 3.45. The van der Waals surface area contributed by atoms with Gasteiger partial charge in [0.05, 0.1) is 13.2 Å². The van der Waals surface area contributed by atoms with Crippen LogP contribution in [0, 0.1) is 0 Å². The van der Waals surface area contributed by atoms with Gasteiger partial charge in [-0.1, -0.05) is 44.9 Å². The Balaban J connectivity index is 1.86. The molecule has 0 heterocycles. The standard InChI is InChI=1S/C21H29NO2/c1-3-5-13-23-20-11-7-9-18(15-20)17-22-19-10-8-12-21(16-19)24-14-6-4-2/h7-12,15-16,22H,3-6,13-14,17H2,1-2H3. The predicted octanol–water partition coefficient (Wildman–Crippen LogP) is 5.66. The third-order valence-corrected chi connectivity index (χ3v) is 3.76. The topological polar surface area (TPSA) is 30.5 Å². The van der Waals surface area contributed by atoms with E-state index in [0.29, 0.717) is 0 Å². The fourth-order valence-corrected chi connectivity index (χ4v) is 2.31. The van der Waals surface area contributed by atoms with Crippen molar-refractivity contribution in [3.8, 4) is 11.5 Å². The van der Waals surface area contributed by atoms with Gasteiger partial charge in [-0.3, -0.25) is 0 Å². The molecule has 0 saturated carbocycles. The van der Waals surface area contributed by atoms with Gasteiger partial charge in [-0.2, -0.15) is 0 Å². The Bertz CT molecular complexity index is 544. The molecule has 0 atom stereocenters. The lowest BCUT2D eigenvalue weighted by atomic mass is 10.2. The molecule has 2 aromatic rings. The second kappa shape index (κ2) is 10.6. The van der Waals surface area contributed by atoms with Gasteiger partial charge < -0.3 is 14.8 Å². The highest BCUT2D eigenvalue weighted by atomic mass is 16.5. The molecule has 0 aromatic heterocycles. The van der Waals surface area contributed by atoms with Gasteiger partial charge in [0, 0.05) is 18.3 Å².